The summed E-state index contributed by atoms with van der Waals surface area (Å²) in [7, 11) is -3.79. The Labute approximate surface area is 293 Å². The number of rotatable bonds is 10. The quantitative estimate of drug-likeness (QED) is 0.117. The third-order valence-corrected chi connectivity index (χ3v) is 11.1. The van der Waals surface area contributed by atoms with Crippen LogP contribution in [0.15, 0.2) is 153 Å². The number of aromatic nitrogens is 1. The van der Waals surface area contributed by atoms with Crippen molar-refractivity contribution in [2.45, 2.75) is 17.4 Å². The number of nitrogens with zero attached hydrogens (tertiary/aromatic N) is 5. The highest BCUT2D eigenvalue weighted by Crippen LogP contribution is 2.38. The molecule has 244 valence electrons. The lowest BCUT2D eigenvalue weighted by Crippen LogP contribution is -2.29. The highest BCUT2D eigenvalue weighted by atomic mass is 32.2. The Balaban J connectivity index is 1.11. The van der Waals surface area contributed by atoms with E-state index in [2.05, 4.69) is 62.7 Å². The van der Waals surface area contributed by atoms with Crippen molar-refractivity contribution in [1.29, 1.82) is 0 Å². The molecule has 1 unspecified atom stereocenters. The van der Waals surface area contributed by atoms with Crippen LogP contribution < -0.4 is 9.73 Å². The molecule has 1 N–H and O–H groups in total. The molecular weight excluding hydrogens is 673 g/mol. The number of benzene rings is 4. The summed E-state index contributed by atoms with van der Waals surface area (Å²) in [5.41, 5.74) is 5.66. The van der Waals surface area contributed by atoms with Crippen LogP contribution in [-0.2, 0) is 14.8 Å². The Bertz CT molecular complexity index is 2170. The van der Waals surface area contributed by atoms with Gasteiger partial charge < -0.3 is 0 Å². The van der Waals surface area contributed by atoms with Crippen LogP contribution in [0, 0.1) is 0 Å². The van der Waals surface area contributed by atoms with Crippen LogP contribution >= 0.6 is 23.1 Å². The minimum Gasteiger partial charge on any atom is -0.283 e. The molecule has 12 heteroatoms. The summed E-state index contributed by atoms with van der Waals surface area (Å²) in [6.07, 6.45) is 5.82. The Kier molecular flexibility index (Phi) is 9.25. The van der Waals surface area contributed by atoms with Crippen LogP contribution in [0.5, 0.6) is 0 Å². The van der Waals surface area contributed by atoms with Crippen LogP contribution in [-0.4, -0.2) is 41.6 Å². The van der Waals surface area contributed by atoms with Gasteiger partial charge in [-0.25, -0.2) is 18.4 Å². The first-order chi connectivity index (χ1) is 23.9. The fourth-order valence-corrected chi connectivity index (χ4v) is 8.30. The monoisotopic (exact) mass is 702 g/mol. The number of thioether (sulfide) groups is 1. The normalized spacial score (nSPS) is 17.9. The Hall–Kier alpha value is -5.30. The van der Waals surface area contributed by atoms with E-state index in [1.165, 1.54) is 47.0 Å². The Morgan fingerprint density at radius 1 is 0.939 bits per heavy atom. The summed E-state index contributed by atoms with van der Waals surface area (Å²) in [6.45, 7) is 4.09. The fourth-order valence-electron chi connectivity index (χ4n) is 5.50. The van der Waals surface area contributed by atoms with E-state index >= 15 is 0 Å². The third-order valence-electron chi connectivity index (χ3n) is 7.88. The molecule has 1 aromatic heterocycles. The summed E-state index contributed by atoms with van der Waals surface area (Å²) in [5, 5.41) is 9.59. The van der Waals surface area contributed by atoms with Crippen molar-refractivity contribution < 1.29 is 13.2 Å². The molecule has 0 saturated carbocycles. The third kappa shape index (κ3) is 7.12. The van der Waals surface area contributed by atoms with Crippen LogP contribution in [0.2, 0.25) is 0 Å². The summed E-state index contributed by atoms with van der Waals surface area (Å²) in [5.74, 6) is -0.180. The van der Waals surface area contributed by atoms with Crippen LogP contribution in [0.3, 0.4) is 0 Å². The second kappa shape index (κ2) is 14.0. The molecule has 1 amide bonds. The van der Waals surface area contributed by atoms with Crippen molar-refractivity contribution in [2.24, 2.45) is 10.1 Å². The van der Waals surface area contributed by atoms with Crippen molar-refractivity contribution in [3.8, 4) is 0 Å². The molecule has 2 aliphatic rings. The number of amides is 1. The molecule has 0 aliphatic carbocycles. The molecule has 0 radical (unpaired) electrons. The number of anilines is 2. The van der Waals surface area contributed by atoms with Crippen LogP contribution in [0.4, 0.5) is 16.5 Å². The summed E-state index contributed by atoms with van der Waals surface area (Å²) < 4.78 is 27.9. The molecule has 1 atom stereocenters. The first-order valence-corrected chi connectivity index (χ1v) is 18.6. The van der Waals surface area contributed by atoms with Gasteiger partial charge in [0.2, 0.25) is 0 Å². The summed E-state index contributed by atoms with van der Waals surface area (Å²) >= 11 is 2.46. The standard InChI is InChI=1S/C37H30N6O3S3/c1-2-22-42-35(44)34(48-37(42)39-29-15-19-31(20-16-29)49(45,46)41-36-38-21-23-47-36)24-26-13-17-30(18-14-26)43-33(28-11-7-4-8-12-28)25-32(40-43)27-9-5-3-6-10-27/h2-21,23-24,33H,1,22,25H2,(H,38,41)/b34-24-,39-37?. The second-order valence-corrected chi connectivity index (χ2v) is 14.7. The van der Waals surface area contributed by atoms with Gasteiger partial charge in [0.05, 0.1) is 32.9 Å². The van der Waals surface area contributed by atoms with E-state index in [-0.39, 0.29) is 28.5 Å². The lowest BCUT2D eigenvalue weighted by Gasteiger charge is -2.24. The molecule has 1 saturated heterocycles. The molecule has 3 heterocycles. The van der Waals surface area contributed by atoms with E-state index in [0.717, 1.165) is 28.9 Å². The van der Waals surface area contributed by atoms with Gasteiger partial charge in [-0.05, 0) is 70.9 Å². The largest absolute Gasteiger partial charge is 0.283 e. The second-order valence-electron chi connectivity index (χ2n) is 11.1. The number of nitrogens with one attached hydrogen (secondary N) is 1. The van der Waals surface area contributed by atoms with Gasteiger partial charge in [-0.1, -0.05) is 78.9 Å². The maximum Gasteiger partial charge on any atom is 0.267 e. The number of amidine groups is 1. The zero-order valence-electron chi connectivity index (χ0n) is 26.1. The van der Waals surface area contributed by atoms with E-state index in [9.17, 15) is 13.2 Å². The SMILES string of the molecule is C=CCN1C(=O)/C(=C/c2ccc(N3N=C(c4ccccc4)CC3c3ccccc3)cc2)SC1=Nc1ccc(S(=O)(=O)Nc2nccs2)cc1. The number of sulfonamides is 1. The predicted molar refractivity (Wildman–Crippen MR) is 200 cm³/mol. The molecule has 7 rings (SSSR count). The molecule has 2 aliphatic heterocycles. The lowest BCUT2D eigenvalue weighted by atomic mass is 9.98. The molecule has 5 aromatic rings. The van der Waals surface area contributed by atoms with Crippen molar-refractivity contribution in [3.63, 3.8) is 0 Å². The topological polar surface area (TPSA) is 107 Å². The van der Waals surface area contributed by atoms with Crippen LogP contribution in [0.1, 0.15) is 29.2 Å². The summed E-state index contributed by atoms with van der Waals surface area (Å²) in [6, 6.07) is 34.9. The van der Waals surface area contributed by atoms with Gasteiger partial charge in [-0.2, -0.15) is 5.10 Å². The molecule has 4 aromatic carbocycles. The maximum atomic E-state index is 13.5. The number of thiazole rings is 1. The summed E-state index contributed by atoms with van der Waals surface area (Å²) in [4.78, 5) is 24.3. The minimum atomic E-state index is -3.79. The van der Waals surface area contributed by atoms with Gasteiger partial charge in [0.25, 0.3) is 15.9 Å². The molecular formula is C37H30N6O3S3. The Morgan fingerprint density at radius 2 is 1.65 bits per heavy atom. The number of carbonyl (C=O) groups excluding carboxylic acids is 1. The number of aliphatic imine (C=N–C) groups is 1. The van der Waals surface area contributed by atoms with Crippen molar-refractivity contribution in [1.82, 2.24) is 9.88 Å². The average Bonchev–Trinajstić information content (AvgIpc) is 3.87. The first-order valence-electron chi connectivity index (χ1n) is 15.4. The molecule has 1 fully saturated rings. The van der Waals surface area contributed by atoms with E-state index < -0.39 is 10.0 Å². The molecule has 0 spiro atoms. The molecule has 49 heavy (non-hydrogen) atoms. The van der Waals surface area contributed by atoms with E-state index in [4.69, 9.17) is 5.10 Å². The number of hydrogen-bond acceptors (Lipinski definition) is 9. The van der Waals surface area contributed by atoms with Crippen molar-refractivity contribution in [2.75, 3.05) is 16.3 Å². The van der Waals surface area contributed by atoms with Crippen LogP contribution in [0.25, 0.3) is 6.08 Å². The Morgan fingerprint density at radius 3 is 2.33 bits per heavy atom. The van der Waals surface area contributed by atoms with Gasteiger partial charge in [0, 0.05) is 24.5 Å². The minimum absolute atomic E-state index is 0.0576. The van der Waals surface area contributed by atoms with Crippen molar-refractivity contribution >= 4 is 72.5 Å². The van der Waals surface area contributed by atoms with Gasteiger partial charge in [0.15, 0.2) is 10.3 Å². The van der Waals surface area contributed by atoms with Crippen molar-refractivity contribution in [3.05, 3.63) is 155 Å². The smallest absolute Gasteiger partial charge is 0.267 e. The van der Waals surface area contributed by atoms with E-state index in [0.29, 0.717) is 15.8 Å². The van der Waals surface area contributed by atoms with Gasteiger partial charge in [-0.15, -0.1) is 17.9 Å². The van der Waals surface area contributed by atoms with Gasteiger partial charge in [0.1, 0.15) is 0 Å². The predicted octanol–water partition coefficient (Wildman–Crippen LogP) is 8.09. The zero-order chi connectivity index (χ0) is 33.8. The number of hydrazone groups is 1. The van der Waals surface area contributed by atoms with E-state index in [1.807, 2.05) is 54.6 Å². The average molecular weight is 703 g/mol. The van der Waals surface area contributed by atoms with E-state index in [1.54, 1.807) is 28.5 Å². The molecule has 0 bridgehead atoms. The highest BCUT2D eigenvalue weighted by Gasteiger charge is 2.33. The van der Waals surface area contributed by atoms with Gasteiger partial charge >= 0.3 is 0 Å². The fraction of sp³-hybridized carbons (Fsp3) is 0.0811. The highest BCUT2D eigenvalue weighted by molar-refractivity contribution is 8.18. The first kappa shape index (κ1) is 32.3. The zero-order valence-corrected chi connectivity index (χ0v) is 28.5. The maximum absolute atomic E-state index is 13.5. The molecule has 9 nitrogen and oxygen atoms in total. The number of carbonyl (C=O) groups is 1. The lowest BCUT2D eigenvalue weighted by molar-refractivity contribution is -0.121. The van der Waals surface area contributed by atoms with Gasteiger partial charge in [-0.3, -0.25) is 19.4 Å². The number of hydrogen-bond donors (Lipinski definition) is 1.